The number of rotatable bonds is 8. The second-order valence-corrected chi connectivity index (χ2v) is 6.54. The Labute approximate surface area is 173 Å². The molecule has 8 heteroatoms. The number of ether oxygens (including phenoxy) is 2. The number of benzene rings is 2. The molecule has 0 radical (unpaired) electrons. The summed E-state index contributed by atoms with van der Waals surface area (Å²) >= 11 is 0. The number of carbonyl (C=O) groups excluding carboxylic acids is 3. The summed E-state index contributed by atoms with van der Waals surface area (Å²) in [5.41, 5.74) is -1.69. The molecule has 7 nitrogen and oxygen atoms in total. The van der Waals surface area contributed by atoms with Crippen molar-refractivity contribution in [3.63, 3.8) is 0 Å². The van der Waals surface area contributed by atoms with Gasteiger partial charge in [-0.25, -0.2) is 9.18 Å². The molecule has 2 atom stereocenters. The number of hydrogen-bond acceptors (Lipinski definition) is 6. The van der Waals surface area contributed by atoms with Crippen molar-refractivity contribution in [2.24, 2.45) is 0 Å². The van der Waals surface area contributed by atoms with E-state index in [2.05, 4.69) is 10.1 Å². The summed E-state index contributed by atoms with van der Waals surface area (Å²) in [5, 5.41) is 11.4. The van der Waals surface area contributed by atoms with Crippen LogP contribution in [0.3, 0.4) is 0 Å². The van der Waals surface area contributed by atoms with Gasteiger partial charge in [0.25, 0.3) is 11.6 Å². The number of nitrogens with one attached hydrogen (secondary N) is 1. The molecule has 0 heterocycles. The molecule has 2 aromatic carbocycles. The van der Waals surface area contributed by atoms with Gasteiger partial charge in [-0.2, -0.15) is 5.26 Å². The third-order valence-corrected chi connectivity index (χ3v) is 4.32. The smallest absolute Gasteiger partial charge is 0.328 e. The predicted octanol–water partition coefficient (Wildman–Crippen LogP) is 2.47. The molecule has 0 saturated heterocycles. The van der Waals surface area contributed by atoms with E-state index in [-0.39, 0.29) is 12.2 Å². The van der Waals surface area contributed by atoms with Crippen LogP contribution in [-0.2, 0) is 36.1 Å². The topological polar surface area (TPSA) is 105 Å². The van der Waals surface area contributed by atoms with Crippen molar-refractivity contribution in [3.8, 4) is 6.07 Å². The number of amides is 1. The van der Waals surface area contributed by atoms with Crippen molar-refractivity contribution < 1.29 is 28.2 Å². The number of alkyl halides is 1. The van der Waals surface area contributed by atoms with Gasteiger partial charge in [0, 0.05) is 5.56 Å². The highest BCUT2D eigenvalue weighted by molar-refractivity contribution is 5.94. The lowest BCUT2D eigenvalue weighted by molar-refractivity contribution is -0.153. The van der Waals surface area contributed by atoms with Gasteiger partial charge in [0.1, 0.15) is 18.7 Å². The van der Waals surface area contributed by atoms with Crippen LogP contribution in [0.5, 0.6) is 0 Å². The number of methoxy groups -OCH3 is 1. The maximum absolute atomic E-state index is 15.2. The fraction of sp³-hybridized carbons (Fsp3) is 0.273. The van der Waals surface area contributed by atoms with Gasteiger partial charge in [-0.3, -0.25) is 9.59 Å². The first-order valence-electron chi connectivity index (χ1n) is 9.05. The van der Waals surface area contributed by atoms with E-state index in [9.17, 15) is 19.6 Å². The van der Waals surface area contributed by atoms with Gasteiger partial charge >= 0.3 is 11.9 Å². The number of hydrogen-bond donors (Lipinski definition) is 1. The Morgan fingerprint density at radius 1 is 1.13 bits per heavy atom. The lowest BCUT2D eigenvalue weighted by Crippen LogP contribution is -2.49. The van der Waals surface area contributed by atoms with E-state index in [4.69, 9.17) is 4.74 Å². The molecule has 0 saturated carbocycles. The molecule has 0 aliphatic rings. The number of aryl methyl sites for hydroxylation is 1. The van der Waals surface area contributed by atoms with E-state index >= 15 is 4.39 Å². The van der Waals surface area contributed by atoms with E-state index in [0.29, 0.717) is 0 Å². The van der Waals surface area contributed by atoms with Crippen LogP contribution in [0.4, 0.5) is 4.39 Å². The highest BCUT2D eigenvalue weighted by Gasteiger charge is 2.43. The van der Waals surface area contributed by atoms with Crippen LogP contribution in [-0.4, -0.2) is 31.0 Å². The normalized spacial score (nSPS) is 13.3. The van der Waals surface area contributed by atoms with Crippen LogP contribution in [0, 0.1) is 18.3 Å². The van der Waals surface area contributed by atoms with Crippen molar-refractivity contribution in [2.45, 2.75) is 31.7 Å². The number of carbonyl (C=O) groups is 3. The number of esters is 2. The fourth-order valence-corrected chi connectivity index (χ4v) is 2.59. The molecule has 156 valence electrons. The molecule has 0 fully saturated rings. The monoisotopic (exact) mass is 412 g/mol. The molecular formula is C22H21FN2O5. The lowest BCUT2D eigenvalue weighted by Gasteiger charge is -2.21. The first kappa shape index (κ1) is 22.6. The Bertz CT molecular complexity index is 940. The van der Waals surface area contributed by atoms with Gasteiger partial charge in [-0.05, 0) is 12.5 Å². The molecule has 0 spiro atoms. The minimum absolute atomic E-state index is 0.0316. The van der Waals surface area contributed by atoms with Crippen LogP contribution < -0.4 is 5.32 Å². The van der Waals surface area contributed by atoms with Gasteiger partial charge < -0.3 is 14.8 Å². The van der Waals surface area contributed by atoms with Gasteiger partial charge in [0.05, 0.1) is 13.5 Å². The Kier molecular flexibility index (Phi) is 7.64. The Balaban J connectivity index is 2.09. The number of halogens is 1. The highest BCUT2D eigenvalue weighted by atomic mass is 19.1. The average molecular weight is 412 g/mol. The summed E-state index contributed by atoms with van der Waals surface area (Å²) in [7, 11) is 1.06. The third kappa shape index (κ3) is 5.64. The summed E-state index contributed by atoms with van der Waals surface area (Å²) < 4.78 is 24.8. The SMILES string of the molecule is COC(=O)[C@H](CC(=O)OCc1ccccc1)NC(=O)C(F)(C#N)c1ccc(C)cc1. The lowest BCUT2D eigenvalue weighted by atomic mass is 9.95. The van der Waals surface area contributed by atoms with E-state index in [1.54, 1.807) is 49.4 Å². The molecule has 2 aromatic rings. The summed E-state index contributed by atoms with van der Waals surface area (Å²) in [6, 6.07) is 14.4. The zero-order chi connectivity index (χ0) is 22.1. The van der Waals surface area contributed by atoms with Crippen LogP contribution in [0.25, 0.3) is 0 Å². The first-order valence-corrected chi connectivity index (χ1v) is 9.05. The first-order chi connectivity index (χ1) is 14.3. The van der Waals surface area contributed by atoms with Gasteiger partial charge in [0.15, 0.2) is 0 Å². The predicted molar refractivity (Wildman–Crippen MR) is 104 cm³/mol. The molecule has 0 aromatic heterocycles. The largest absolute Gasteiger partial charge is 0.467 e. The summed E-state index contributed by atoms with van der Waals surface area (Å²) in [6.07, 6.45) is -0.583. The highest BCUT2D eigenvalue weighted by Crippen LogP contribution is 2.26. The molecule has 0 bridgehead atoms. The van der Waals surface area contributed by atoms with Gasteiger partial charge in [-0.15, -0.1) is 0 Å². The standard InChI is InChI=1S/C22H21FN2O5/c1-15-8-10-17(11-9-15)22(23,14-24)21(28)25-18(20(27)29-2)12-19(26)30-13-16-6-4-3-5-7-16/h3-11,18H,12-13H2,1-2H3,(H,25,28)/t18-,22?/m0/s1. The maximum Gasteiger partial charge on any atom is 0.328 e. The van der Waals surface area contributed by atoms with Gasteiger partial charge in [0.2, 0.25) is 0 Å². The molecule has 0 aliphatic carbocycles. The zero-order valence-electron chi connectivity index (χ0n) is 16.6. The fourth-order valence-electron chi connectivity index (χ4n) is 2.59. The second kappa shape index (κ2) is 10.2. The molecule has 1 unspecified atom stereocenters. The van der Waals surface area contributed by atoms with Crippen LogP contribution in [0.15, 0.2) is 54.6 Å². The summed E-state index contributed by atoms with van der Waals surface area (Å²) in [6.45, 7) is 1.74. The van der Waals surface area contributed by atoms with Gasteiger partial charge in [-0.1, -0.05) is 60.2 Å². The van der Waals surface area contributed by atoms with E-state index in [0.717, 1.165) is 18.2 Å². The molecular weight excluding hydrogens is 391 g/mol. The maximum atomic E-state index is 15.2. The summed E-state index contributed by atoms with van der Waals surface area (Å²) in [4.78, 5) is 36.6. The van der Waals surface area contributed by atoms with E-state index in [1.807, 2.05) is 0 Å². The molecule has 1 N–H and O–H groups in total. The Hall–Kier alpha value is -3.73. The number of nitriles is 1. The average Bonchev–Trinajstić information content (AvgIpc) is 2.77. The minimum Gasteiger partial charge on any atom is -0.467 e. The van der Waals surface area contributed by atoms with Crippen molar-refractivity contribution in [1.82, 2.24) is 5.32 Å². The molecule has 2 rings (SSSR count). The Morgan fingerprint density at radius 2 is 1.77 bits per heavy atom. The van der Waals surface area contributed by atoms with Crippen molar-refractivity contribution >= 4 is 17.8 Å². The van der Waals surface area contributed by atoms with Crippen LogP contribution in [0.1, 0.15) is 23.1 Å². The van der Waals surface area contributed by atoms with E-state index in [1.165, 1.54) is 18.2 Å². The van der Waals surface area contributed by atoms with Crippen molar-refractivity contribution in [1.29, 1.82) is 5.26 Å². The Morgan fingerprint density at radius 3 is 2.33 bits per heavy atom. The third-order valence-electron chi connectivity index (χ3n) is 4.32. The van der Waals surface area contributed by atoms with Crippen LogP contribution >= 0.6 is 0 Å². The van der Waals surface area contributed by atoms with Crippen molar-refractivity contribution in [3.05, 3.63) is 71.3 Å². The minimum atomic E-state index is -3.05. The number of nitrogens with zero attached hydrogens (tertiary/aromatic N) is 1. The molecule has 0 aliphatic heterocycles. The molecule has 1 amide bonds. The van der Waals surface area contributed by atoms with Crippen LogP contribution in [0.2, 0.25) is 0 Å². The van der Waals surface area contributed by atoms with E-state index < -0.39 is 36.0 Å². The zero-order valence-corrected chi connectivity index (χ0v) is 16.6. The quantitative estimate of drug-likeness (QED) is 0.668. The van der Waals surface area contributed by atoms with Crippen molar-refractivity contribution in [2.75, 3.05) is 7.11 Å². The summed E-state index contributed by atoms with van der Waals surface area (Å²) in [5.74, 6) is -3.14. The molecule has 30 heavy (non-hydrogen) atoms. The second-order valence-electron chi connectivity index (χ2n) is 6.54.